The van der Waals surface area contributed by atoms with E-state index < -0.39 is 5.97 Å². The Hall–Kier alpha value is -2.09. The van der Waals surface area contributed by atoms with Crippen LogP contribution in [0.5, 0.6) is 0 Å². The maximum atomic E-state index is 11.3. The first-order valence-electron chi connectivity index (χ1n) is 6.05. The molecule has 0 unspecified atom stereocenters. The number of carboxylic acid groups (broad SMARTS) is 1. The Morgan fingerprint density at radius 2 is 1.78 bits per heavy atom. The minimum absolute atomic E-state index is 0.373. The second-order valence-corrected chi connectivity index (χ2v) is 4.40. The van der Waals surface area contributed by atoms with Crippen molar-refractivity contribution in [1.29, 1.82) is 0 Å². The lowest BCUT2D eigenvalue weighted by atomic mass is 9.96. The Bertz CT molecular complexity index is 568. The van der Waals surface area contributed by atoms with Crippen molar-refractivity contribution in [3.05, 3.63) is 59.2 Å². The molecule has 2 heteroatoms. The SMILES string of the molecule is CCc1ccc(-c2ccc(C)cc2)c(C(=O)O)c1. The molecule has 92 valence electrons. The normalized spacial score (nSPS) is 10.3. The van der Waals surface area contributed by atoms with Gasteiger partial charge in [-0.25, -0.2) is 4.79 Å². The Morgan fingerprint density at radius 3 is 2.33 bits per heavy atom. The molecule has 0 saturated carbocycles. The van der Waals surface area contributed by atoms with E-state index >= 15 is 0 Å². The highest BCUT2D eigenvalue weighted by atomic mass is 16.4. The van der Waals surface area contributed by atoms with E-state index in [0.29, 0.717) is 5.56 Å². The van der Waals surface area contributed by atoms with Crippen LogP contribution in [0.3, 0.4) is 0 Å². The van der Waals surface area contributed by atoms with Crippen molar-refractivity contribution < 1.29 is 9.90 Å². The van der Waals surface area contributed by atoms with E-state index in [2.05, 4.69) is 0 Å². The molecule has 2 rings (SSSR count). The smallest absolute Gasteiger partial charge is 0.336 e. The Balaban J connectivity index is 2.56. The van der Waals surface area contributed by atoms with Crippen molar-refractivity contribution in [1.82, 2.24) is 0 Å². The predicted molar refractivity (Wildman–Crippen MR) is 73.0 cm³/mol. The third-order valence-electron chi connectivity index (χ3n) is 3.09. The fraction of sp³-hybridized carbons (Fsp3) is 0.188. The zero-order valence-electron chi connectivity index (χ0n) is 10.6. The maximum absolute atomic E-state index is 11.3. The summed E-state index contributed by atoms with van der Waals surface area (Å²) in [4.78, 5) is 11.3. The molecule has 0 aromatic heterocycles. The Labute approximate surface area is 107 Å². The van der Waals surface area contributed by atoms with Gasteiger partial charge >= 0.3 is 5.97 Å². The zero-order valence-corrected chi connectivity index (χ0v) is 10.6. The van der Waals surface area contributed by atoms with Crippen LogP contribution < -0.4 is 0 Å². The molecule has 0 aliphatic carbocycles. The largest absolute Gasteiger partial charge is 0.478 e. The highest BCUT2D eigenvalue weighted by Crippen LogP contribution is 2.25. The number of rotatable bonds is 3. The number of aromatic carboxylic acids is 1. The molecule has 2 nitrogen and oxygen atoms in total. The van der Waals surface area contributed by atoms with Crippen LogP contribution in [0, 0.1) is 6.92 Å². The lowest BCUT2D eigenvalue weighted by Crippen LogP contribution is -2.01. The van der Waals surface area contributed by atoms with Gasteiger partial charge in [0.1, 0.15) is 0 Å². The molecule has 0 fully saturated rings. The minimum Gasteiger partial charge on any atom is -0.478 e. The summed E-state index contributed by atoms with van der Waals surface area (Å²) in [5.41, 5.74) is 4.31. The second kappa shape index (κ2) is 5.05. The Kier molecular flexibility index (Phi) is 3.47. The molecule has 0 atom stereocenters. The molecule has 0 amide bonds. The van der Waals surface area contributed by atoms with Crippen LogP contribution >= 0.6 is 0 Å². The monoisotopic (exact) mass is 240 g/mol. The van der Waals surface area contributed by atoms with Gasteiger partial charge in [0.15, 0.2) is 0 Å². The van der Waals surface area contributed by atoms with Gasteiger partial charge in [0, 0.05) is 0 Å². The quantitative estimate of drug-likeness (QED) is 0.882. The summed E-state index contributed by atoms with van der Waals surface area (Å²) < 4.78 is 0. The van der Waals surface area contributed by atoms with Crippen molar-refractivity contribution >= 4 is 5.97 Å². The molecule has 0 radical (unpaired) electrons. The standard InChI is InChI=1S/C16H16O2/c1-3-12-6-9-14(15(10-12)16(17)18)13-7-4-11(2)5-8-13/h4-10H,3H2,1-2H3,(H,17,18). The van der Waals surface area contributed by atoms with Crippen molar-refractivity contribution in [2.24, 2.45) is 0 Å². The first-order valence-corrected chi connectivity index (χ1v) is 6.05. The summed E-state index contributed by atoms with van der Waals surface area (Å²) in [6.45, 7) is 4.04. The van der Waals surface area contributed by atoms with Crippen LogP contribution in [0.15, 0.2) is 42.5 Å². The lowest BCUT2D eigenvalue weighted by Gasteiger charge is -2.08. The third-order valence-corrected chi connectivity index (χ3v) is 3.09. The van der Waals surface area contributed by atoms with E-state index in [1.54, 1.807) is 6.07 Å². The molecule has 0 heterocycles. The van der Waals surface area contributed by atoms with Crippen molar-refractivity contribution in [3.63, 3.8) is 0 Å². The first kappa shape index (κ1) is 12.4. The first-order chi connectivity index (χ1) is 8.61. The van der Waals surface area contributed by atoms with Gasteiger partial charge in [-0.1, -0.05) is 48.9 Å². The van der Waals surface area contributed by atoms with Crippen LogP contribution in [0.25, 0.3) is 11.1 Å². The summed E-state index contributed by atoms with van der Waals surface area (Å²) in [5.74, 6) is -0.874. The number of benzene rings is 2. The molecule has 18 heavy (non-hydrogen) atoms. The topological polar surface area (TPSA) is 37.3 Å². The van der Waals surface area contributed by atoms with Crippen LogP contribution in [-0.2, 0) is 6.42 Å². The van der Waals surface area contributed by atoms with E-state index in [0.717, 1.165) is 23.1 Å². The van der Waals surface area contributed by atoms with E-state index in [4.69, 9.17) is 0 Å². The zero-order chi connectivity index (χ0) is 13.1. The number of hydrogen-bond acceptors (Lipinski definition) is 1. The summed E-state index contributed by atoms with van der Waals surface area (Å²) in [6.07, 6.45) is 0.842. The van der Waals surface area contributed by atoms with E-state index in [9.17, 15) is 9.90 Å². The Morgan fingerprint density at radius 1 is 1.11 bits per heavy atom. The summed E-state index contributed by atoms with van der Waals surface area (Å²) in [7, 11) is 0. The fourth-order valence-corrected chi connectivity index (χ4v) is 1.97. The predicted octanol–water partition coefficient (Wildman–Crippen LogP) is 3.92. The number of carbonyl (C=O) groups is 1. The summed E-state index contributed by atoms with van der Waals surface area (Å²) in [6, 6.07) is 13.6. The summed E-state index contributed by atoms with van der Waals surface area (Å²) in [5, 5.41) is 9.30. The van der Waals surface area contributed by atoms with Crippen LogP contribution in [0.4, 0.5) is 0 Å². The molecule has 2 aromatic rings. The number of carboxylic acids is 1. The summed E-state index contributed by atoms with van der Waals surface area (Å²) >= 11 is 0. The maximum Gasteiger partial charge on any atom is 0.336 e. The molecular weight excluding hydrogens is 224 g/mol. The average Bonchev–Trinajstić information content (AvgIpc) is 2.39. The molecule has 0 saturated heterocycles. The van der Waals surface area contributed by atoms with Gasteiger partial charge < -0.3 is 5.11 Å². The minimum atomic E-state index is -0.874. The van der Waals surface area contributed by atoms with Gasteiger partial charge in [-0.2, -0.15) is 0 Å². The van der Waals surface area contributed by atoms with Gasteiger partial charge in [-0.15, -0.1) is 0 Å². The van der Waals surface area contributed by atoms with Crippen molar-refractivity contribution in [2.75, 3.05) is 0 Å². The molecule has 0 aliphatic rings. The van der Waals surface area contributed by atoms with Crippen molar-refractivity contribution in [2.45, 2.75) is 20.3 Å². The van der Waals surface area contributed by atoms with Crippen LogP contribution in [-0.4, -0.2) is 11.1 Å². The van der Waals surface area contributed by atoms with Gasteiger partial charge in [0.2, 0.25) is 0 Å². The van der Waals surface area contributed by atoms with Crippen LogP contribution in [0.2, 0.25) is 0 Å². The average molecular weight is 240 g/mol. The van der Waals surface area contributed by atoms with Gasteiger partial charge in [-0.3, -0.25) is 0 Å². The molecule has 2 aromatic carbocycles. The second-order valence-electron chi connectivity index (χ2n) is 4.40. The van der Waals surface area contributed by atoms with E-state index in [1.807, 2.05) is 50.2 Å². The molecule has 0 bridgehead atoms. The molecule has 1 N–H and O–H groups in total. The molecule has 0 aliphatic heterocycles. The number of hydrogen-bond donors (Lipinski definition) is 1. The van der Waals surface area contributed by atoms with Gasteiger partial charge in [-0.05, 0) is 36.1 Å². The highest BCUT2D eigenvalue weighted by Gasteiger charge is 2.12. The van der Waals surface area contributed by atoms with Crippen molar-refractivity contribution in [3.8, 4) is 11.1 Å². The highest BCUT2D eigenvalue weighted by molar-refractivity contribution is 5.96. The van der Waals surface area contributed by atoms with Gasteiger partial charge in [0.25, 0.3) is 0 Å². The number of aryl methyl sites for hydroxylation is 2. The lowest BCUT2D eigenvalue weighted by molar-refractivity contribution is 0.0697. The fourth-order valence-electron chi connectivity index (χ4n) is 1.97. The van der Waals surface area contributed by atoms with E-state index in [-0.39, 0.29) is 0 Å². The van der Waals surface area contributed by atoms with Crippen LogP contribution in [0.1, 0.15) is 28.4 Å². The molecule has 0 spiro atoms. The van der Waals surface area contributed by atoms with Gasteiger partial charge in [0.05, 0.1) is 5.56 Å². The van der Waals surface area contributed by atoms with E-state index in [1.165, 1.54) is 5.56 Å². The third kappa shape index (κ3) is 2.43. The molecular formula is C16H16O2.